The van der Waals surface area contributed by atoms with Gasteiger partial charge in [0.15, 0.2) is 0 Å². The Hall–Kier alpha value is -1.73. The van der Waals surface area contributed by atoms with Gasteiger partial charge in [0.25, 0.3) is 0 Å². The maximum absolute atomic E-state index is 12.3. The fourth-order valence-corrected chi connectivity index (χ4v) is 3.06. The van der Waals surface area contributed by atoms with Crippen LogP contribution in [-0.2, 0) is 9.53 Å². The van der Waals surface area contributed by atoms with Crippen LogP contribution in [0.3, 0.4) is 0 Å². The van der Waals surface area contributed by atoms with E-state index in [4.69, 9.17) is 4.74 Å². The summed E-state index contributed by atoms with van der Waals surface area (Å²) in [5, 5.41) is 2.00. The van der Waals surface area contributed by atoms with E-state index in [0.29, 0.717) is 25.7 Å². The second-order valence-corrected chi connectivity index (χ2v) is 5.30. The molecule has 2 fully saturated rings. The summed E-state index contributed by atoms with van der Waals surface area (Å²) in [6.07, 6.45) is -1.82. The Morgan fingerprint density at radius 1 is 1.29 bits per heavy atom. The summed E-state index contributed by atoms with van der Waals surface area (Å²) in [5.41, 5.74) is 0. The summed E-state index contributed by atoms with van der Waals surface area (Å²) in [6, 6.07) is -0.917. The topological polar surface area (TPSA) is 58.6 Å². The normalized spacial score (nSPS) is 28.1. The molecule has 0 radical (unpaired) electrons. The molecule has 118 valence electrons. The number of hydrogen-bond donors (Lipinski definition) is 1. The minimum Gasteiger partial charge on any atom is -0.445 e. The van der Waals surface area contributed by atoms with Gasteiger partial charge in [-0.1, -0.05) is 12.7 Å². The zero-order valence-electron chi connectivity index (χ0n) is 11.4. The first-order valence-electron chi connectivity index (χ1n) is 6.76. The molecule has 2 atom stereocenters. The minimum atomic E-state index is -4.88. The van der Waals surface area contributed by atoms with Crippen LogP contribution in [0, 0.1) is 0 Å². The number of piperidine rings is 1. The molecule has 0 spiro atoms. The Kier molecular flexibility index (Phi) is 4.43. The van der Waals surface area contributed by atoms with Gasteiger partial charge in [0.2, 0.25) is 0 Å². The van der Waals surface area contributed by atoms with Crippen LogP contribution in [0.2, 0.25) is 0 Å². The Bertz CT molecular complexity index is 425. The van der Waals surface area contributed by atoms with Crippen molar-refractivity contribution in [2.24, 2.45) is 0 Å². The average molecular weight is 306 g/mol. The number of nitrogens with zero attached hydrogens (tertiary/aromatic N) is 1. The largest absolute Gasteiger partial charge is 0.471 e. The molecule has 0 aromatic rings. The van der Waals surface area contributed by atoms with Crippen LogP contribution in [0.4, 0.5) is 18.0 Å². The van der Waals surface area contributed by atoms with E-state index in [1.807, 2.05) is 5.32 Å². The molecular weight excluding hydrogens is 289 g/mol. The Morgan fingerprint density at radius 3 is 2.33 bits per heavy atom. The number of carbonyl (C=O) groups excluding carboxylic acids is 2. The van der Waals surface area contributed by atoms with Crippen molar-refractivity contribution < 1.29 is 27.5 Å². The van der Waals surface area contributed by atoms with Gasteiger partial charge in [0.1, 0.15) is 6.61 Å². The quantitative estimate of drug-likeness (QED) is 0.811. The Balaban J connectivity index is 1.94. The number of nitrogens with one attached hydrogen (secondary N) is 1. The number of carbonyl (C=O) groups is 2. The first-order chi connectivity index (χ1) is 9.82. The van der Waals surface area contributed by atoms with E-state index in [1.54, 1.807) is 4.90 Å². The molecule has 1 N–H and O–H groups in total. The fourth-order valence-electron chi connectivity index (χ4n) is 3.06. The van der Waals surface area contributed by atoms with Crippen molar-refractivity contribution in [2.75, 3.05) is 6.61 Å². The van der Waals surface area contributed by atoms with Gasteiger partial charge >= 0.3 is 18.2 Å². The van der Waals surface area contributed by atoms with Crippen molar-refractivity contribution in [2.45, 2.75) is 50.0 Å². The molecule has 2 rings (SSSR count). The predicted octanol–water partition coefficient (Wildman–Crippen LogP) is 1.98. The lowest BCUT2D eigenvalue weighted by atomic mass is 9.97. The molecule has 0 aromatic carbocycles. The molecule has 8 heteroatoms. The Morgan fingerprint density at radius 2 is 1.86 bits per heavy atom. The number of ether oxygens (including phenoxy) is 1. The SMILES string of the molecule is C=CCOC(=O)N1C2CCC1CC(NC(=O)C(F)(F)F)C2. The lowest BCUT2D eigenvalue weighted by Gasteiger charge is -2.38. The lowest BCUT2D eigenvalue weighted by Crippen LogP contribution is -2.54. The first-order valence-corrected chi connectivity index (χ1v) is 6.76. The molecule has 2 amide bonds. The van der Waals surface area contributed by atoms with Crippen molar-refractivity contribution in [1.29, 1.82) is 0 Å². The van der Waals surface area contributed by atoms with Crippen molar-refractivity contribution >= 4 is 12.0 Å². The van der Waals surface area contributed by atoms with Gasteiger partial charge in [-0.3, -0.25) is 4.79 Å². The summed E-state index contributed by atoms with van der Waals surface area (Å²) in [7, 11) is 0. The van der Waals surface area contributed by atoms with Gasteiger partial charge in [0.05, 0.1) is 0 Å². The van der Waals surface area contributed by atoms with Gasteiger partial charge in [-0.2, -0.15) is 13.2 Å². The summed E-state index contributed by atoms with van der Waals surface area (Å²) < 4.78 is 41.7. The van der Waals surface area contributed by atoms with E-state index in [2.05, 4.69) is 6.58 Å². The van der Waals surface area contributed by atoms with Gasteiger partial charge in [-0.15, -0.1) is 0 Å². The van der Waals surface area contributed by atoms with Crippen molar-refractivity contribution in [3.63, 3.8) is 0 Å². The highest BCUT2D eigenvalue weighted by Crippen LogP contribution is 2.36. The summed E-state index contributed by atoms with van der Waals surface area (Å²) in [4.78, 5) is 24.4. The lowest BCUT2D eigenvalue weighted by molar-refractivity contribution is -0.174. The third kappa shape index (κ3) is 3.48. The maximum atomic E-state index is 12.3. The van der Waals surface area contributed by atoms with E-state index < -0.39 is 24.2 Å². The molecule has 2 heterocycles. The van der Waals surface area contributed by atoms with Crippen LogP contribution in [-0.4, -0.2) is 47.8 Å². The van der Waals surface area contributed by atoms with Crippen LogP contribution in [0.15, 0.2) is 12.7 Å². The van der Waals surface area contributed by atoms with Crippen molar-refractivity contribution in [3.8, 4) is 0 Å². The number of rotatable bonds is 3. The van der Waals surface area contributed by atoms with E-state index >= 15 is 0 Å². The highest BCUT2D eigenvalue weighted by Gasteiger charge is 2.46. The van der Waals surface area contributed by atoms with Crippen LogP contribution >= 0.6 is 0 Å². The highest BCUT2D eigenvalue weighted by atomic mass is 19.4. The smallest absolute Gasteiger partial charge is 0.445 e. The molecule has 2 bridgehead atoms. The summed E-state index contributed by atoms with van der Waals surface area (Å²) in [5.74, 6) is -1.92. The molecule has 0 aliphatic carbocycles. The second-order valence-electron chi connectivity index (χ2n) is 5.30. The summed E-state index contributed by atoms with van der Waals surface area (Å²) >= 11 is 0. The second kappa shape index (κ2) is 5.95. The maximum Gasteiger partial charge on any atom is 0.471 e. The fraction of sp³-hybridized carbons (Fsp3) is 0.692. The van der Waals surface area contributed by atoms with Crippen LogP contribution in [0.1, 0.15) is 25.7 Å². The number of fused-ring (bicyclic) bond motifs is 2. The number of alkyl halides is 3. The number of hydrogen-bond acceptors (Lipinski definition) is 3. The zero-order chi connectivity index (χ0) is 15.6. The molecule has 21 heavy (non-hydrogen) atoms. The van der Waals surface area contributed by atoms with Gasteiger partial charge in [-0.05, 0) is 25.7 Å². The minimum absolute atomic E-state index is 0.100. The van der Waals surface area contributed by atoms with Crippen LogP contribution in [0.25, 0.3) is 0 Å². The van der Waals surface area contributed by atoms with E-state index in [0.717, 1.165) is 0 Å². The molecule has 2 aliphatic heterocycles. The molecular formula is C13H17F3N2O3. The van der Waals surface area contributed by atoms with Crippen LogP contribution in [0.5, 0.6) is 0 Å². The predicted molar refractivity (Wildman–Crippen MR) is 67.4 cm³/mol. The van der Waals surface area contributed by atoms with Crippen molar-refractivity contribution in [3.05, 3.63) is 12.7 Å². The standard InChI is InChI=1S/C13H17F3N2O3/c1-2-5-21-12(20)18-9-3-4-10(18)7-8(6-9)17-11(19)13(14,15)16/h2,8-10H,1,3-7H2,(H,17,19). The monoisotopic (exact) mass is 306 g/mol. The first kappa shape index (κ1) is 15.7. The highest BCUT2D eigenvalue weighted by molar-refractivity contribution is 5.82. The van der Waals surface area contributed by atoms with Crippen LogP contribution < -0.4 is 5.32 Å². The van der Waals surface area contributed by atoms with E-state index in [1.165, 1.54) is 6.08 Å². The van der Waals surface area contributed by atoms with Crippen molar-refractivity contribution in [1.82, 2.24) is 10.2 Å². The molecule has 5 nitrogen and oxygen atoms in total. The summed E-state index contributed by atoms with van der Waals surface area (Å²) in [6.45, 7) is 3.55. The third-order valence-electron chi connectivity index (χ3n) is 3.86. The third-order valence-corrected chi connectivity index (χ3v) is 3.86. The number of halogens is 3. The van der Waals surface area contributed by atoms with E-state index in [9.17, 15) is 22.8 Å². The van der Waals surface area contributed by atoms with Gasteiger partial charge in [-0.25, -0.2) is 4.79 Å². The van der Waals surface area contributed by atoms with Gasteiger partial charge < -0.3 is 15.0 Å². The molecule has 0 aromatic heterocycles. The zero-order valence-corrected chi connectivity index (χ0v) is 11.4. The molecule has 2 saturated heterocycles. The molecule has 2 unspecified atom stereocenters. The van der Waals surface area contributed by atoms with E-state index in [-0.39, 0.29) is 18.7 Å². The number of amides is 2. The van der Waals surface area contributed by atoms with Gasteiger partial charge in [0, 0.05) is 18.1 Å². The molecule has 2 aliphatic rings. The molecule has 0 saturated carbocycles. The Labute approximate surface area is 120 Å². The average Bonchev–Trinajstić information content (AvgIpc) is 2.66.